The molecule has 1 aromatic heterocycles. The first kappa shape index (κ1) is 26.8. The molecule has 3 aliphatic heterocycles. The molecule has 2 saturated heterocycles. The molecule has 2 aromatic rings. The van der Waals surface area contributed by atoms with Gasteiger partial charge < -0.3 is 34.2 Å². The number of likely N-dealkylation sites (N-methyl/N-ethyl adjacent to an activating group) is 1. The number of piperazine rings is 1. The van der Waals surface area contributed by atoms with Gasteiger partial charge in [0, 0.05) is 49.0 Å². The van der Waals surface area contributed by atoms with Gasteiger partial charge in [0.1, 0.15) is 18.2 Å². The van der Waals surface area contributed by atoms with E-state index in [1.165, 1.54) is 4.90 Å². The molecule has 1 aromatic carbocycles. The lowest BCUT2D eigenvalue weighted by Gasteiger charge is -2.41. The summed E-state index contributed by atoms with van der Waals surface area (Å²) in [5.74, 6) is 1.65. The van der Waals surface area contributed by atoms with E-state index in [4.69, 9.17) is 19.4 Å². The molecule has 0 bridgehead atoms. The van der Waals surface area contributed by atoms with E-state index < -0.39 is 12.1 Å². The molecule has 0 radical (unpaired) electrons. The molecule has 0 aliphatic carbocycles. The van der Waals surface area contributed by atoms with Crippen molar-refractivity contribution in [1.82, 2.24) is 19.8 Å². The zero-order chi connectivity index (χ0) is 27.5. The van der Waals surface area contributed by atoms with Crippen molar-refractivity contribution in [2.45, 2.75) is 51.2 Å². The fraction of sp³-hybridized carbons (Fsp3) is 0.571. The molecule has 4 heterocycles. The van der Waals surface area contributed by atoms with Gasteiger partial charge in [-0.25, -0.2) is 4.79 Å². The summed E-state index contributed by atoms with van der Waals surface area (Å²) in [6.45, 7) is 6.28. The highest BCUT2D eigenvalue weighted by molar-refractivity contribution is 5.67. The Morgan fingerprint density at radius 2 is 2.03 bits per heavy atom. The van der Waals surface area contributed by atoms with Gasteiger partial charge >= 0.3 is 12.1 Å². The van der Waals surface area contributed by atoms with Gasteiger partial charge in [-0.05, 0) is 51.9 Å². The van der Waals surface area contributed by atoms with Gasteiger partial charge in [0.2, 0.25) is 0 Å². The van der Waals surface area contributed by atoms with Crippen LogP contribution in [-0.4, -0.2) is 96.5 Å². The number of amides is 1. The van der Waals surface area contributed by atoms with Gasteiger partial charge in [-0.15, -0.1) is 0 Å². The van der Waals surface area contributed by atoms with Gasteiger partial charge in [-0.3, -0.25) is 0 Å². The lowest BCUT2D eigenvalue weighted by Crippen LogP contribution is -2.55. The average Bonchev–Trinajstić information content (AvgIpc) is 3.35. The van der Waals surface area contributed by atoms with Gasteiger partial charge in [0.25, 0.3) is 0 Å². The van der Waals surface area contributed by atoms with Crippen molar-refractivity contribution in [1.29, 1.82) is 5.26 Å². The Labute approximate surface area is 229 Å². The number of ether oxygens (including phenoxy) is 2. The van der Waals surface area contributed by atoms with Crippen LogP contribution in [0.1, 0.15) is 36.1 Å². The number of carboxylic acid groups (broad SMARTS) is 1. The molecule has 11 nitrogen and oxygen atoms in total. The van der Waals surface area contributed by atoms with Crippen molar-refractivity contribution < 1.29 is 19.4 Å². The number of anilines is 2. The molecule has 11 heteroatoms. The van der Waals surface area contributed by atoms with Crippen LogP contribution in [0.2, 0.25) is 0 Å². The summed E-state index contributed by atoms with van der Waals surface area (Å²) in [7, 11) is 3.80. The first-order valence-corrected chi connectivity index (χ1v) is 13.6. The zero-order valence-electron chi connectivity index (χ0n) is 23.0. The number of fused-ring (bicyclic) bond motifs is 1. The Morgan fingerprint density at radius 1 is 1.18 bits per heavy atom. The van der Waals surface area contributed by atoms with Crippen molar-refractivity contribution in [3.8, 4) is 17.8 Å². The normalized spacial score (nSPS) is 21.4. The number of rotatable bonds is 7. The Bertz CT molecular complexity index is 1250. The van der Waals surface area contributed by atoms with E-state index in [1.807, 2.05) is 12.1 Å². The van der Waals surface area contributed by atoms with E-state index in [1.54, 1.807) is 7.11 Å². The number of methoxy groups -OCH3 is 1. The second-order valence-electron chi connectivity index (χ2n) is 10.6. The first-order valence-electron chi connectivity index (χ1n) is 13.6. The summed E-state index contributed by atoms with van der Waals surface area (Å²) in [5, 5.41) is 19.0. The topological polar surface area (TPSA) is 118 Å². The third-order valence-corrected chi connectivity index (χ3v) is 8.27. The SMILES string of the molecule is COc1cccc(N2CCc3c(nc(OC[C@@H]4CCCN4C)nc3N3CCN(C(=O)O)[C@@H](CC#N)C3)C2)c1C. The summed E-state index contributed by atoms with van der Waals surface area (Å²) in [5.41, 5.74) is 4.18. The maximum Gasteiger partial charge on any atom is 0.407 e. The number of carbonyl (C=O) groups is 1. The summed E-state index contributed by atoms with van der Waals surface area (Å²) in [4.78, 5) is 29.7. The summed E-state index contributed by atoms with van der Waals surface area (Å²) >= 11 is 0. The average molecular weight is 536 g/mol. The summed E-state index contributed by atoms with van der Waals surface area (Å²) in [6.07, 6.45) is 2.13. The minimum atomic E-state index is -0.992. The van der Waals surface area contributed by atoms with E-state index >= 15 is 0 Å². The third kappa shape index (κ3) is 5.52. The molecular formula is C28H37N7O4. The van der Waals surface area contributed by atoms with E-state index in [-0.39, 0.29) is 6.42 Å². The van der Waals surface area contributed by atoms with Gasteiger partial charge in [0.15, 0.2) is 0 Å². The number of likely N-dealkylation sites (tertiary alicyclic amines) is 1. The number of benzene rings is 1. The largest absolute Gasteiger partial charge is 0.496 e. The molecule has 0 unspecified atom stereocenters. The van der Waals surface area contributed by atoms with Crippen molar-refractivity contribution >= 4 is 17.6 Å². The molecule has 39 heavy (non-hydrogen) atoms. The molecule has 1 amide bonds. The van der Waals surface area contributed by atoms with Crippen LogP contribution in [0.3, 0.4) is 0 Å². The second kappa shape index (κ2) is 11.5. The molecule has 5 rings (SSSR count). The molecule has 0 saturated carbocycles. The molecular weight excluding hydrogens is 498 g/mol. The second-order valence-corrected chi connectivity index (χ2v) is 10.6. The Hall–Kier alpha value is -3.78. The fourth-order valence-electron chi connectivity index (χ4n) is 6.03. The monoisotopic (exact) mass is 535 g/mol. The zero-order valence-corrected chi connectivity index (χ0v) is 23.0. The van der Waals surface area contributed by atoms with E-state index in [0.717, 1.165) is 66.4 Å². The fourth-order valence-corrected chi connectivity index (χ4v) is 6.03. The van der Waals surface area contributed by atoms with Gasteiger partial charge in [-0.1, -0.05) is 6.07 Å². The predicted molar refractivity (Wildman–Crippen MR) is 147 cm³/mol. The van der Waals surface area contributed by atoms with Gasteiger partial charge in [0.05, 0.1) is 37.9 Å². The van der Waals surface area contributed by atoms with Gasteiger partial charge in [-0.2, -0.15) is 15.2 Å². The van der Waals surface area contributed by atoms with E-state index in [2.05, 4.69) is 40.8 Å². The Morgan fingerprint density at radius 3 is 2.74 bits per heavy atom. The molecule has 2 fully saturated rings. The first-order chi connectivity index (χ1) is 18.9. The van der Waals surface area contributed by atoms with Crippen LogP contribution in [0.5, 0.6) is 11.8 Å². The molecule has 3 aliphatic rings. The van der Waals surface area contributed by atoms with Crippen molar-refractivity contribution in [3.05, 3.63) is 35.0 Å². The van der Waals surface area contributed by atoms with Crippen LogP contribution in [0.15, 0.2) is 18.2 Å². The molecule has 208 valence electrons. The van der Waals surface area contributed by atoms with Crippen LogP contribution < -0.4 is 19.3 Å². The van der Waals surface area contributed by atoms with Crippen LogP contribution in [0.25, 0.3) is 0 Å². The van der Waals surface area contributed by atoms with Crippen LogP contribution >= 0.6 is 0 Å². The highest BCUT2D eigenvalue weighted by Gasteiger charge is 2.34. The smallest absolute Gasteiger partial charge is 0.407 e. The number of hydrogen-bond acceptors (Lipinski definition) is 9. The number of hydrogen-bond donors (Lipinski definition) is 1. The summed E-state index contributed by atoms with van der Waals surface area (Å²) < 4.78 is 11.8. The predicted octanol–water partition coefficient (Wildman–Crippen LogP) is 2.91. The molecule has 0 spiro atoms. The van der Waals surface area contributed by atoms with Crippen LogP contribution in [0, 0.1) is 18.3 Å². The maximum absolute atomic E-state index is 11.8. The third-order valence-electron chi connectivity index (χ3n) is 8.27. The molecule has 2 atom stereocenters. The van der Waals surface area contributed by atoms with Crippen molar-refractivity contribution in [2.75, 3.05) is 63.3 Å². The van der Waals surface area contributed by atoms with E-state index in [0.29, 0.717) is 44.8 Å². The maximum atomic E-state index is 11.8. The Balaban J connectivity index is 1.46. The lowest BCUT2D eigenvalue weighted by atomic mass is 10.0. The van der Waals surface area contributed by atoms with E-state index in [9.17, 15) is 15.2 Å². The van der Waals surface area contributed by atoms with Crippen molar-refractivity contribution in [2.24, 2.45) is 0 Å². The minimum absolute atomic E-state index is 0.135. The summed E-state index contributed by atoms with van der Waals surface area (Å²) in [6, 6.07) is 8.51. The number of nitrogens with zero attached hydrogens (tertiary/aromatic N) is 7. The standard InChI is InChI=1S/C28H37N7O4/c1-19-24(7-4-8-25(19)38-3)33-13-10-22-23(17-33)30-27(39-18-21-6-5-12-32(21)2)31-26(22)34-14-15-35(28(36)37)20(16-34)9-11-29/h4,7-8,20-21H,5-6,9-10,12-18H2,1-3H3,(H,36,37)/t20-,21-/m0/s1. The van der Waals surface area contributed by atoms with Crippen molar-refractivity contribution in [3.63, 3.8) is 0 Å². The highest BCUT2D eigenvalue weighted by atomic mass is 16.5. The quantitative estimate of drug-likeness (QED) is 0.567. The highest BCUT2D eigenvalue weighted by Crippen LogP contribution is 2.35. The lowest BCUT2D eigenvalue weighted by molar-refractivity contribution is 0.119. The minimum Gasteiger partial charge on any atom is -0.496 e. The Kier molecular flexibility index (Phi) is 7.93. The number of aromatic nitrogens is 2. The molecule has 1 N–H and O–H groups in total. The number of nitriles is 1. The van der Waals surface area contributed by atoms with Crippen LogP contribution in [-0.2, 0) is 13.0 Å². The van der Waals surface area contributed by atoms with Crippen LogP contribution in [0.4, 0.5) is 16.3 Å².